The van der Waals surface area contributed by atoms with E-state index in [0.717, 1.165) is 18.2 Å². The van der Waals surface area contributed by atoms with Crippen LogP contribution in [-0.4, -0.2) is 18.6 Å². The first-order chi connectivity index (χ1) is 9.85. The zero-order valence-electron chi connectivity index (χ0n) is 11.2. The molecule has 0 amide bonds. The SMILES string of the molecule is Cc1[nH]nc(CN)c1S(=O)(=O)NCc1cc(F)ccc1F. The monoisotopic (exact) mass is 316 g/mol. The molecule has 0 saturated heterocycles. The van der Waals surface area contributed by atoms with Gasteiger partial charge in [0.25, 0.3) is 0 Å². The van der Waals surface area contributed by atoms with Gasteiger partial charge in [-0.25, -0.2) is 21.9 Å². The molecule has 1 aromatic carbocycles. The topological polar surface area (TPSA) is 101 Å². The average Bonchev–Trinajstić information content (AvgIpc) is 2.82. The van der Waals surface area contributed by atoms with Gasteiger partial charge in [0.05, 0.1) is 11.4 Å². The van der Waals surface area contributed by atoms with Crippen molar-refractivity contribution in [3.63, 3.8) is 0 Å². The second-order valence-electron chi connectivity index (χ2n) is 4.39. The lowest BCUT2D eigenvalue weighted by atomic mass is 10.2. The summed E-state index contributed by atoms with van der Waals surface area (Å²) >= 11 is 0. The molecule has 2 rings (SSSR count). The second kappa shape index (κ2) is 5.88. The average molecular weight is 316 g/mol. The standard InChI is InChI=1S/C12H14F2N4O2S/c1-7-12(11(5-15)18-17-7)21(19,20)16-6-8-4-9(13)2-3-10(8)14/h2-4,16H,5-6,15H2,1H3,(H,17,18). The summed E-state index contributed by atoms with van der Waals surface area (Å²) in [7, 11) is -3.93. The van der Waals surface area contributed by atoms with E-state index in [9.17, 15) is 17.2 Å². The molecule has 0 fully saturated rings. The van der Waals surface area contributed by atoms with Crippen LogP contribution in [0.4, 0.5) is 8.78 Å². The first kappa shape index (κ1) is 15.5. The summed E-state index contributed by atoms with van der Waals surface area (Å²) in [6.07, 6.45) is 0. The predicted octanol–water partition coefficient (Wildman–Crippen LogP) is 0.934. The molecule has 0 spiro atoms. The summed E-state index contributed by atoms with van der Waals surface area (Å²) in [4.78, 5) is -0.0678. The molecule has 9 heteroatoms. The van der Waals surface area contributed by atoms with Crippen molar-refractivity contribution < 1.29 is 17.2 Å². The zero-order valence-corrected chi connectivity index (χ0v) is 12.0. The van der Waals surface area contributed by atoms with Crippen LogP contribution < -0.4 is 10.5 Å². The van der Waals surface area contributed by atoms with Crippen LogP contribution in [0.25, 0.3) is 0 Å². The third-order valence-corrected chi connectivity index (χ3v) is 4.49. The van der Waals surface area contributed by atoms with Gasteiger partial charge < -0.3 is 5.73 Å². The number of aromatic nitrogens is 2. The molecule has 4 N–H and O–H groups in total. The van der Waals surface area contributed by atoms with Crippen molar-refractivity contribution in [2.75, 3.05) is 0 Å². The number of aromatic amines is 1. The molecule has 0 atom stereocenters. The number of aryl methyl sites for hydroxylation is 1. The lowest BCUT2D eigenvalue weighted by molar-refractivity contribution is 0.566. The van der Waals surface area contributed by atoms with Gasteiger partial charge in [-0.15, -0.1) is 0 Å². The van der Waals surface area contributed by atoms with Crippen molar-refractivity contribution in [2.24, 2.45) is 5.73 Å². The van der Waals surface area contributed by atoms with Crippen LogP contribution in [0.2, 0.25) is 0 Å². The highest BCUT2D eigenvalue weighted by atomic mass is 32.2. The van der Waals surface area contributed by atoms with Crippen molar-refractivity contribution in [3.8, 4) is 0 Å². The summed E-state index contributed by atoms with van der Waals surface area (Å²) in [5, 5.41) is 6.31. The predicted molar refractivity (Wildman–Crippen MR) is 71.6 cm³/mol. The minimum Gasteiger partial charge on any atom is -0.325 e. The van der Waals surface area contributed by atoms with Gasteiger partial charge in [0.15, 0.2) is 0 Å². The smallest absolute Gasteiger partial charge is 0.244 e. The number of rotatable bonds is 5. The molecule has 0 radical (unpaired) electrons. The van der Waals surface area contributed by atoms with E-state index in [-0.39, 0.29) is 29.2 Å². The zero-order chi connectivity index (χ0) is 15.6. The van der Waals surface area contributed by atoms with Crippen molar-refractivity contribution in [1.82, 2.24) is 14.9 Å². The van der Waals surface area contributed by atoms with E-state index in [2.05, 4.69) is 14.9 Å². The van der Waals surface area contributed by atoms with Gasteiger partial charge in [-0.3, -0.25) is 5.10 Å². The largest absolute Gasteiger partial charge is 0.325 e. The molecule has 114 valence electrons. The molecule has 0 aliphatic rings. The second-order valence-corrected chi connectivity index (χ2v) is 6.09. The molecular formula is C12H14F2N4O2S. The van der Waals surface area contributed by atoms with Gasteiger partial charge >= 0.3 is 0 Å². The molecular weight excluding hydrogens is 302 g/mol. The highest BCUT2D eigenvalue weighted by Crippen LogP contribution is 2.18. The van der Waals surface area contributed by atoms with E-state index >= 15 is 0 Å². The Morgan fingerprint density at radius 2 is 2.10 bits per heavy atom. The minimum absolute atomic E-state index is 0.0606. The van der Waals surface area contributed by atoms with Crippen LogP contribution in [0.1, 0.15) is 17.0 Å². The molecule has 0 unspecified atom stereocenters. The van der Waals surface area contributed by atoms with Crippen molar-refractivity contribution >= 4 is 10.0 Å². The molecule has 21 heavy (non-hydrogen) atoms. The number of benzene rings is 1. The number of H-pyrrole nitrogens is 1. The van der Waals surface area contributed by atoms with Crippen LogP contribution in [0.5, 0.6) is 0 Å². The Labute approximate surface area is 120 Å². The van der Waals surface area contributed by atoms with Crippen molar-refractivity contribution in [3.05, 3.63) is 46.8 Å². The Bertz CT molecular complexity index is 759. The molecule has 0 saturated carbocycles. The Kier molecular flexibility index (Phi) is 4.35. The first-order valence-electron chi connectivity index (χ1n) is 6.02. The van der Waals surface area contributed by atoms with Crippen LogP contribution in [0, 0.1) is 18.6 Å². The van der Waals surface area contributed by atoms with Crippen LogP contribution >= 0.6 is 0 Å². The van der Waals surface area contributed by atoms with E-state index in [4.69, 9.17) is 5.73 Å². The molecule has 1 heterocycles. The summed E-state index contributed by atoms with van der Waals surface area (Å²) < 4.78 is 53.2. The van der Waals surface area contributed by atoms with Crippen molar-refractivity contribution in [1.29, 1.82) is 0 Å². The highest BCUT2D eigenvalue weighted by molar-refractivity contribution is 7.89. The maximum atomic E-state index is 13.5. The molecule has 0 aliphatic heterocycles. The number of nitrogens with zero attached hydrogens (tertiary/aromatic N) is 1. The Hall–Kier alpha value is -1.84. The van der Waals surface area contributed by atoms with E-state index in [0.29, 0.717) is 5.69 Å². The normalized spacial score (nSPS) is 11.8. The highest BCUT2D eigenvalue weighted by Gasteiger charge is 2.23. The lowest BCUT2D eigenvalue weighted by Crippen LogP contribution is -2.25. The summed E-state index contributed by atoms with van der Waals surface area (Å²) in [6, 6.07) is 2.83. The molecule has 2 aromatic rings. The van der Waals surface area contributed by atoms with Gasteiger partial charge in [0.1, 0.15) is 16.5 Å². The van der Waals surface area contributed by atoms with E-state index in [1.165, 1.54) is 6.92 Å². The summed E-state index contributed by atoms with van der Waals surface area (Å²) in [6.45, 7) is 1.10. The molecule has 6 nitrogen and oxygen atoms in total. The fourth-order valence-electron chi connectivity index (χ4n) is 1.89. The molecule has 1 aromatic heterocycles. The number of nitrogens with two attached hydrogens (primary N) is 1. The summed E-state index contributed by atoms with van der Waals surface area (Å²) in [5.41, 5.74) is 5.84. The Morgan fingerprint density at radius 1 is 1.38 bits per heavy atom. The minimum atomic E-state index is -3.93. The van der Waals surface area contributed by atoms with Crippen LogP contribution in [-0.2, 0) is 23.1 Å². The van der Waals surface area contributed by atoms with Gasteiger partial charge in [-0.05, 0) is 25.1 Å². The van der Waals surface area contributed by atoms with Gasteiger partial charge in [-0.1, -0.05) is 0 Å². The van der Waals surface area contributed by atoms with Gasteiger partial charge in [0.2, 0.25) is 10.0 Å². The Balaban J connectivity index is 2.26. The molecule has 0 aliphatic carbocycles. The summed E-state index contributed by atoms with van der Waals surface area (Å²) in [5.74, 6) is -1.34. The number of hydrogen-bond donors (Lipinski definition) is 3. The fourth-order valence-corrected chi connectivity index (χ4v) is 3.27. The third kappa shape index (κ3) is 3.26. The quantitative estimate of drug-likeness (QED) is 0.764. The number of nitrogens with one attached hydrogen (secondary N) is 2. The van der Waals surface area contributed by atoms with E-state index in [1.54, 1.807) is 0 Å². The van der Waals surface area contributed by atoms with Crippen molar-refractivity contribution in [2.45, 2.75) is 24.9 Å². The number of halogens is 2. The van der Waals surface area contributed by atoms with Gasteiger partial charge in [-0.2, -0.15) is 5.10 Å². The van der Waals surface area contributed by atoms with E-state index < -0.39 is 21.7 Å². The third-order valence-electron chi connectivity index (χ3n) is 2.88. The van der Waals surface area contributed by atoms with E-state index in [1.807, 2.05) is 0 Å². The van der Waals surface area contributed by atoms with Crippen LogP contribution in [0.15, 0.2) is 23.1 Å². The van der Waals surface area contributed by atoms with Gasteiger partial charge in [0, 0.05) is 18.7 Å². The maximum Gasteiger partial charge on any atom is 0.244 e. The molecule has 0 bridgehead atoms. The maximum absolute atomic E-state index is 13.5. The number of hydrogen-bond acceptors (Lipinski definition) is 4. The van der Waals surface area contributed by atoms with Crippen LogP contribution in [0.3, 0.4) is 0 Å². The lowest BCUT2D eigenvalue weighted by Gasteiger charge is -2.08. The number of sulfonamides is 1. The Morgan fingerprint density at radius 3 is 2.76 bits per heavy atom. The fraction of sp³-hybridized carbons (Fsp3) is 0.250. The first-order valence-corrected chi connectivity index (χ1v) is 7.51.